The van der Waals surface area contributed by atoms with Crippen molar-refractivity contribution < 1.29 is 0 Å². The highest BCUT2D eigenvalue weighted by molar-refractivity contribution is 6.28. The summed E-state index contributed by atoms with van der Waals surface area (Å²) in [4.78, 5) is 4.70. The molecular formula is C37H23N3. The molecule has 0 unspecified atom stereocenters. The Bertz CT molecular complexity index is 2420. The van der Waals surface area contributed by atoms with E-state index < -0.39 is 0 Å². The average Bonchev–Trinajstić information content (AvgIpc) is 3.54. The molecule has 0 bridgehead atoms. The number of rotatable bonds is 2. The molecule has 0 atom stereocenters. The first-order valence-electron chi connectivity index (χ1n) is 13.6. The number of pyridine rings is 1. The minimum atomic E-state index is 1.09. The van der Waals surface area contributed by atoms with Gasteiger partial charge in [0.1, 0.15) is 0 Å². The second-order valence-corrected chi connectivity index (χ2v) is 10.4. The molecule has 0 aliphatic carbocycles. The molecule has 0 spiro atoms. The fourth-order valence-electron chi connectivity index (χ4n) is 6.69. The monoisotopic (exact) mass is 509 g/mol. The van der Waals surface area contributed by atoms with Crippen molar-refractivity contribution in [1.82, 2.24) is 14.1 Å². The number of fused-ring (bicyclic) bond motifs is 10. The van der Waals surface area contributed by atoms with Gasteiger partial charge in [-0.15, -0.1) is 0 Å². The van der Waals surface area contributed by atoms with Crippen LogP contribution in [0.25, 0.3) is 76.5 Å². The normalized spacial score (nSPS) is 12.0. The van der Waals surface area contributed by atoms with E-state index in [1.165, 1.54) is 59.8 Å². The quantitative estimate of drug-likeness (QED) is 0.227. The van der Waals surface area contributed by atoms with E-state index in [2.05, 4.69) is 137 Å². The summed E-state index contributed by atoms with van der Waals surface area (Å²) in [6.07, 6.45) is 3.97. The van der Waals surface area contributed by atoms with Crippen molar-refractivity contribution in [3.8, 4) is 11.4 Å². The van der Waals surface area contributed by atoms with Crippen LogP contribution in [0.5, 0.6) is 0 Å². The lowest BCUT2D eigenvalue weighted by molar-refractivity contribution is 1.16. The van der Waals surface area contributed by atoms with E-state index in [0.717, 1.165) is 16.8 Å². The lowest BCUT2D eigenvalue weighted by Crippen LogP contribution is -1.98. The zero-order valence-corrected chi connectivity index (χ0v) is 21.6. The first kappa shape index (κ1) is 21.5. The van der Waals surface area contributed by atoms with Gasteiger partial charge in [0.05, 0.1) is 34.0 Å². The largest absolute Gasteiger partial charge is 0.309 e. The molecule has 0 fully saturated rings. The molecule has 0 saturated heterocycles. The Morgan fingerprint density at radius 1 is 0.400 bits per heavy atom. The second-order valence-electron chi connectivity index (χ2n) is 10.4. The van der Waals surface area contributed by atoms with Gasteiger partial charge in [-0.2, -0.15) is 0 Å². The van der Waals surface area contributed by atoms with Crippen LogP contribution in [0.1, 0.15) is 0 Å². The molecule has 40 heavy (non-hydrogen) atoms. The number of hydrogen-bond donors (Lipinski definition) is 0. The number of para-hydroxylation sites is 3. The molecule has 3 heterocycles. The highest BCUT2D eigenvalue weighted by Gasteiger charge is 2.21. The summed E-state index contributed by atoms with van der Waals surface area (Å²) < 4.78 is 4.88. The number of benzene rings is 6. The number of nitrogens with zero attached hydrogens (tertiary/aromatic N) is 3. The smallest absolute Gasteiger partial charge is 0.0724 e. The SMILES string of the molecule is c1ccc(-n2c3ccccc3c3ccc4ccc5c6ccccc6n(-c6cncc7ccccc67)c5c4c32)cc1. The Morgan fingerprint density at radius 3 is 1.70 bits per heavy atom. The Kier molecular flexibility index (Phi) is 4.33. The number of aromatic nitrogens is 3. The Morgan fingerprint density at radius 2 is 0.975 bits per heavy atom. The van der Waals surface area contributed by atoms with Gasteiger partial charge in [-0.05, 0) is 29.7 Å². The molecule has 0 radical (unpaired) electrons. The summed E-state index contributed by atoms with van der Waals surface area (Å²) in [5.41, 5.74) is 7.09. The van der Waals surface area contributed by atoms with E-state index >= 15 is 0 Å². The van der Waals surface area contributed by atoms with Gasteiger partial charge in [0.25, 0.3) is 0 Å². The van der Waals surface area contributed by atoms with E-state index in [1.54, 1.807) is 0 Å². The molecule has 0 aliphatic rings. The van der Waals surface area contributed by atoms with E-state index in [0.29, 0.717) is 0 Å². The number of hydrogen-bond acceptors (Lipinski definition) is 1. The van der Waals surface area contributed by atoms with Crippen LogP contribution < -0.4 is 0 Å². The standard InChI is InChI=1S/C37H23N3/c1-2-11-26(12-3-1)39-32-16-8-6-14-28(32)30-20-18-24-19-21-31-29-15-7-9-17-33(29)40(37(31)35(24)36(30)39)34-23-38-22-25-10-4-5-13-27(25)34/h1-23H. The summed E-state index contributed by atoms with van der Waals surface area (Å²) in [7, 11) is 0. The molecule has 3 nitrogen and oxygen atoms in total. The molecule has 0 N–H and O–H groups in total. The summed E-state index contributed by atoms with van der Waals surface area (Å²) in [6.45, 7) is 0. The third kappa shape index (κ3) is 2.81. The van der Waals surface area contributed by atoms with Gasteiger partial charge in [-0.1, -0.05) is 103 Å². The molecule has 0 aliphatic heterocycles. The molecule has 3 aromatic heterocycles. The minimum absolute atomic E-state index is 1.09. The van der Waals surface area contributed by atoms with Crippen LogP contribution in [-0.4, -0.2) is 14.1 Å². The van der Waals surface area contributed by atoms with Gasteiger partial charge in [-0.25, -0.2) is 0 Å². The maximum atomic E-state index is 4.70. The van der Waals surface area contributed by atoms with Crippen LogP contribution in [0.4, 0.5) is 0 Å². The van der Waals surface area contributed by atoms with Crippen LogP contribution in [-0.2, 0) is 0 Å². The van der Waals surface area contributed by atoms with Crippen LogP contribution in [0, 0.1) is 0 Å². The van der Waals surface area contributed by atoms with Crippen LogP contribution in [0.2, 0.25) is 0 Å². The topological polar surface area (TPSA) is 22.8 Å². The highest BCUT2D eigenvalue weighted by Crippen LogP contribution is 2.43. The van der Waals surface area contributed by atoms with E-state index in [4.69, 9.17) is 4.98 Å². The first-order chi connectivity index (χ1) is 19.9. The van der Waals surface area contributed by atoms with Crippen molar-refractivity contribution in [1.29, 1.82) is 0 Å². The van der Waals surface area contributed by atoms with E-state index in [9.17, 15) is 0 Å². The lowest BCUT2D eigenvalue weighted by Gasteiger charge is -2.14. The van der Waals surface area contributed by atoms with Crippen molar-refractivity contribution in [2.45, 2.75) is 0 Å². The van der Waals surface area contributed by atoms with Crippen molar-refractivity contribution in [2.24, 2.45) is 0 Å². The van der Waals surface area contributed by atoms with Gasteiger partial charge in [0, 0.05) is 49.6 Å². The van der Waals surface area contributed by atoms with Crippen molar-refractivity contribution in [3.63, 3.8) is 0 Å². The molecule has 186 valence electrons. The molecule has 9 aromatic rings. The molecule has 9 rings (SSSR count). The zero-order chi connectivity index (χ0) is 26.2. The van der Waals surface area contributed by atoms with Crippen LogP contribution in [0.3, 0.4) is 0 Å². The molecular weight excluding hydrogens is 486 g/mol. The Balaban J connectivity index is 1.60. The van der Waals surface area contributed by atoms with Crippen LogP contribution >= 0.6 is 0 Å². The summed E-state index contributed by atoms with van der Waals surface area (Å²) in [5.74, 6) is 0. The Hall–Kier alpha value is -5.41. The third-order valence-electron chi connectivity index (χ3n) is 8.35. The molecule has 3 heteroatoms. The fourth-order valence-corrected chi connectivity index (χ4v) is 6.69. The van der Waals surface area contributed by atoms with Gasteiger partial charge in [0.15, 0.2) is 0 Å². The summed E-state index contributed by atoms with van der Waals surface area (Å²) in [6, 6.07) is 45.9. The molecule has 6 aromatic carbocycles. The summed E-state index contributed by atoms with van der Waals surface area (Å²) in [5, 5.41) is 9.79. The van der Waals surface area contributed by atoms with E-state index in [-0.39, 0.29) is 0 Å². The van der Waals surface area contributed by atoms with Gasteiger partial charge in [0.2, 0.25) is 0 Å². The zero-order valence-electron chi connectivity index (χ0n) is 21.6. The minimum Gasteiger partial charge on any atom is -0.309 e. The average molecular weight is 510 g/mol. The highest BCUT2D eigenvalue weighted by atomic mass is 15.0. The van der Waals surface area contributed by atoms with E-state index in [1.807, 2.05) is 12.4 Å². The molecule has 0 amide bonds. The van der Waals surface area contributed by atoms with Gasteiger partial charge >= 0.3 is 0 Å². The first-order valence-corrected chi connectivity index (χ1v) is 13.6. The fraction of sp³-hybridized carbons (Fsp3) is 0. The summed E-state index contributed by atoms with van der Waals surface area (Å²) >= 11 is 0. The second kappa shape index (κ2) is 8.05. The van der Waals surface area contributed by atoms with Crippen molar-refractivity contribution in [3.05, 3.63) is 140 Å². The lowest BCUT2D eigenvalue weighted by atomic mass is 10.0. The van der Waals surface area contributed by atoms with Gasteiger partial charge < -0.3 is 9.13 Å². The van der Waals surface area contributed by atoms with Crippen molar-refractivity contribution >= 4 is 65.2 Å². The Labute approximate surface area is 230 Å². The predicted molar refractivity (Wildman–Crippen MR) is 168 cm³/mol. The maximum Gasteiger partial charge on any atom is 0.0724 e. The van der Waals surface area contributed by atoms with Crippen molar-refractivity contribution in [2.75, 3.05) is 0 Å². The third-order valence-corrected chi connectivity index (χ3v) is 8.35. The van der Waals surface area contributed by atoms with Gasteiger partial charge in [-0.3, -0.25) is 4.98 Å². The maximum absolute atomic E-state index is 4.70. The van der Waals surface area contributed by atoms with Crippen LogP contribution in [0.15, 0.2) is 140 Å². The molecule has 0 saturated carbocycles. The predicted octanol–water partition coefficient (Wildman–Crippen LogP) is 9.58.